The van der Waals surface area contributed by atoms with E-state index in [2.05, 4.69) is 199 Å². The Hall–Kier alpha value is -9.26. The Labute approximate surface area is 408 Å². The molecular weight excluding hydrogens is 865 g/mol. The first kappa shape index (κ1) is 39.7. The van der Waals surface area contributed by atoms with E-state index in [4.69, 9.17) is 19.9 Å². The van der Waals surface area contributed by atoms with E-state index in [-0.39, 0.29) is 5.41 Å². The van der Waals surface area contributed by atoms with Gasteiger partial charge in [-0.05, 0) is 115 Å². The van der Waals surface area contributed by atoms with Crippen molar-refractivity contribution in [1.29, 1.82) is 0 Å². The van der Waals surface area contributed by atoms with E-state index >= 15 is 0 Å². The summed E-state index contributed by atoms with van der Waals surface area (Å²) in [5.41, 5.74) is 15.0. The Morgan fingerprint density at radius 1 is 0.338 bits per heavy atom. The smallest absolute Gasteiger partial charge is 0.238 e. The molecule has 0 amide bonds. The molecule has 4 aromatic heterocycles. The molecule has 0 radical (unpaired) electrons. The van der Waals surface area contributed by atoms with Gasteiger partial charge in [0.2, 0.25) is 5.95 Å². The summed E-state index contributed by atoms with van der Waals surface area (Å²) in [7, 11) is 0. The minimum absolute atomic E-state index is 0.311. The predicted octanol–water partition coefficient (Wildman–Crippen LogP) is 16.2. The molecule has 0 bridgehead atoms. The Bertz CT molecular complexity index is 4470. The van der Waals surface area contributed by atoms with Gasteiger partial charge in [-0.25, -0.2) is 4.98 Å². The van der Waals surface area contributed by atoms with Crippen molar-refractivity contribution in [3.63, 3.8) is 0 Å². The van der Waals surface area contributed by atoms with E-state index < -0.39 is 0 Å². The van der Waals surface area contributed by atoms with Crippen molar-refractivity contribution < 1.29 is 0 Å². The lowest BCUT2D eigenvalue weighted by molar-refractivity contribution is 0.662. The topological polar surface area (TPSA) is 61.4 Å². The third-order valence-electron chi connectivity index (χ3n) is 15.2. The average molecular weight is 907 g/mol. The van der Waals surface area contributed by atoms with Crippen LogP contribution in [0.25, 0.3) is 133 Å². The predicted molar refractivity (Wildman–Crippen MR) is 293 cm³/mol. The van der Waals surface area contributed by atoms with Crippen LogP contribution in [0.2, 0.25) is 0 Å². The molecule has 71 heavy (non-hydrogen) atoms. The van der Waals surface area contributed by atoms with E-state index in [9.17, 15) is 0 Å². The van der Waals surface area contributed by atoms with Gasteiger partial charge in [-0.15, -0.1) is 0 Å². The van der Waals surface area contributed by atoms with Crippen molar-refractivity contribution in [2.45, 2.75) is 19.3 Å². The molecule has 6 heteroatoms. The molecule has 0 saturated heterocycles. The van der Waals surface area contributed by atoms with Gasteiger partial charge in [0.1, 0.15) is 0 Å². The highest BCUT2D eigenvalue weighted by molar-refractivity contribution is 6.26. The second kappa shape index (κ2) is 14.9. The number of para-hydroxylation sites is 2. The molecule has 0 saturated carbocycles. The highest BCUT2D eigenvalue weighted by atomic mass is 15.2. The molecule has 4 heterocycles. The number of hydrogen-bond donors (Lipinski definition) is 0. The van der Waals surface area contributed by atoms with Gasteiger partial charge in [-0.1, -0.05) is 172 Å². The average Bonchev–Trinajstić information content (AvgIpc) is 4.02. The molecule has 332 valence electrons. The van der Waals surface area contributed by atoms with Gasteiger partial charge in [-0.2, -0.15) is 9.97 Å². The molecule has 6 nitrogen and oxygen atoms in total. The van der Waals surface area contributed by atoms with E-state index in [1.807, 2.05) is 42.6 Å². The van der Waals surface area contributed by atoms with Crippen LogP contribution in [-0.2, 0) is 5.41 Å². The minimum Gasteiger partial charge on any atom is -0.308 e. The summed E-state index contributed by atoms with van der Waals surface area (Å²) in [5.74, 6) is 1.79. The maximum atomic E-state index is 5.37. The lowest BCUT2D eigenvalue weighted by atomic mass is 9.81. The monoisotopic (exact) mass is 906 g/mol. The van der Waals surface area contributed by atoms with Crippen LogP contribution in [0.15, 0.2) is 219 Å². The zero-order valence-electron chi connectivity index (χ0n) is 39.0. The lowest BCUT2D eigenvalue weighted by Crippen LogP contribution is -2.15. The first-order valence-corrected chi connectivity index (χ1v) is 24.3. The van der Waals surface area contributed by atoms with Crippen LogP contribution in [0.1, 0.15) is 25.0 Å². The Balaban J connectivity index is 1.01. The van der Waals surface area contributed by atoms with Crippen LogP contribution < -0.4 is 0 Å². The maximum Gasteiger partial charge on any atom is 0.238 e. The molecular formula is C65H42N6. The minimum atomic E-state index is -0.311. The van der Waals surface area contributed by atoms with Gasteiger partial charge in [0.25, 0.3) is 0 Å². The third-order valence-corrected chi connectivity index (χ3v) is 15.2. The first-order valence-electron chi connectivity index (χ1n) is 24.3. The SMILES string of the molecule is CC1(C)c2cc3c4ccccc4c4ccccc4c3cc2-c2cc3c4ccc(-c5cnc6c7ccccc7n(-c7ccccc7)c6c5)cc4n(-c4nc(-c5ccccc5)nc(-c5ccccc5)n4)c3cc21. The fourth-order valence-electron chi connectivity index (χ4n) is 11.8. The number of aromatic nitrogens is 6. The van der Waals surface area contributed by atoms with Crippen LogP contribution in [0, 0.1) is 0 Å². The van der Waals surface area contributed by atoms with Crippen molar-refractivity contribution in [1.82, 2.24) is 29.1 Å². The zero-order valence-corrected chi connectivity index (χ0v) is 39.0. The first-order chi connectivity index (χ1) is 35.0. The number of pyridine rings is 1. The maximum absolute atomic E-state index is 5.37. The number of nitrogens with zero attached hydrogens (tertiary/aromatic N) is 6. The summed E-state index contributed by atoms with van der Waals surface area (Å²) < 4.78 is 4.60. The summed E-state index contributed by atoms with van der Waals surface area (Å²) in [5, 5.41) is 11.1. The molecule has 15 rings (SSSR count). The van der Waals surface area contributed by atoms with Crippen molar-refractivity contribution in [2.75, 3.05) is 0 Å². The van der Waals surface area contributed by atoms with Crippen molar-refractivity contribution >= 4 is 76.1 Å². The highest BCUT2D eigenvalue weighted by Gasteiger charge is 2.37. The van der Waals surface area contributed by atoms with Gasteiger partial charge in [-0.3, -0.25) is 9.55 Å². The highest BCUT2D eigenvalue weighted by Crippen LogP contribution is 2.53. The number of rotatable bonds is 5. The van der Waals surface area contributed by atoms with Crippen molar-refractivity contribution in [3.05, 3.63) is 230 Å². The molecule has 14 aromatic rings. The Morgan fingerprint density at radius 2 is 0.845 bits per heavy atom. The Kier molecular flexibility index (Phi) is 8.32. The molecule has 0 spiro atoms. The van der Waals surface area contributed by atoms with E-state index in [1.54, 1.807) is 0 Å². The van der Waals surface area contributed by atoms with Gasteiger partial charge < -0.3 is 4.57 Å². The second-order valence-corrected chi connectivity index (χ2v) is 19.4. The van der Waals surface area contributed by atoms with Crippen LogP contribution in [0.3, 0.4) is 0 Å². The molecule has 0 atom stereocenters. The lowest BCUT2D eigenvalue weighted by Gasteiger charge is -2.22. The normalized spacial score (nSPS) is 13.0. The van der Waals surface area contributed by atoms with E-state index in [0.29, 0.717) is 17.6 Å². The van der Waals surface area contributed by atoms with E-state index in [0.717, 1.165) is 71.7 Å². The molecule has 1 aliphatic carbocycles. The summed E-state index contributed by atoms with van der Waals surface area (Å²) in [6, 6.07) is 76.2. The third kappa shape index (κ3) is 5.82. The number of fused-ring (bicyclic) bond motifs is 15. The quantitative estimate of drug-likeness (QED) is 0.161. The van der Waals surface area contributed by atoms with Crippen LogP contribution in [-0.4, -0.2) is 29.1 Å². The van der Waals surface area contributed by atoms with Gasteiger partial charge in [0.05, 0.1) is 27.6 Å². The van der Waals surface area contributed by atoms with E-state index in [1.165, 1.54) is 54.6 Å². The fourth-order valence-corrected chi connectivity index (χ4v) is 11.8. The van der Waals surface area contributed by atoms with Crippen molar-refractivity contribution in [3.8, 4) is 56.7 Å². The van der Waals surface area contributed by atoms with Crippen LogP contribution in [0.4, 0.5) is 0 Å². The van der Waals surface area contributed by atoms with Gasteiger partial charge in [0.15, 0.2) is 11.6 Å². The molecule has 0 N–H and O–H groups in total. The van der Waals surface area contributed by atoms with Crippen LogP contribution >= 0.6 is 0 Å². The number of benzene rings is 10. The van der Waals surface area contributed by atoms with Crippen LogP contribution in [0.5, 0.6) is 0 Å². The molecule has 0 aliphatic heterocycles. The summed E-state index contributed by atoms with van der Waals surface area (Å²) >= 11 is 0. The zero-order chi connectivity index (χ0) is 47.0. The van der Waals surface area contributed by atoms with Gasteiger partial charge >= 0.3 is 0 Å². The second-order valence-electron chi connectivity index (χ2n) is 19.4. The van der Waals surface area contributed by atoms with Crippen molar-refractivity contribution in [2.24, 2.45) is 0 Å². The summed E-state index contributed by atoms with van der Waals surface area (Å²) in [6.07, 6.45) is 2.02. The summed E-state index contributed by atoms with van der Waals surface area (Å²) in [6.45, 7) is 4.76. The fraction of sp³-hybridized carbons (Fsp3) is 0.0462. The standard InChI is InChI=1S/C65H42N6/c1-65(2)55-36-51-47-27-15-13-25-45(47)44-24-12-14-26-46(44)50(51)34-52(55)53-35-54-48-31-30-41(42-33-60-61(66-38-42)49-28-16-17-29-57(49)70(60)43-22-10-5-11-23-43)32-58(48)71(59(54)37-56(53)65)64-68-62(39-18-6-3-7-19-39)67-63(69-64)40-20-8-4-9-21-40/h3-38H,1-2H3. The molecule has 0 fully saturated rings. The summed E-state index contributed by atoms with van der Waals surface area (Å²) in [4.78, 5) is 21.1. The molecule has 10 aromatic carbocycles. The largest absolute Gasteiger partial charge is 0.308 e. The van der Waals surface area contributed by atoms with Gasteiger partial charge in [0, 0.05) is 50.1 Å². The molecule has 0 unspecified atom stereocenters. The number of hydrogen-bond acceptors (Lipinski definition) is 4. The molecule has 1 aliphatic rings. The Morgan fingerprint density at radius 3 is 1.49 bits per heavy atom.